The van der Waals surface area contributed by atoms with Gasteiger partial charge in [-0.3, -0.25) is 9.78 Å². The van der Waals surface area contributed by atoms with Crippen molar-refractivity contribution in [3.05, 3.63) is 51.8 Å². The normalized spacial score (nSPS) is 10.3. The molecule has 2 aromatic rings. The number of nitrogen functional groups attached to an aromatic ring is 1. The van der Waals surface area contributed by atoms with Crippen LogP contribution in [0.25, 0.3) is 0 Å². The Labute approximate surface area is 120 Å². The van der Waals surface area contributed by atoms with Crippen LogP contribution in [0, 0.1) is 6.92 Å². The standard InChI is InChI=1S/C13H11Cl2N3O/c1-7-5-10(16)8(6-17-7)13(19)18-11-4-2-3-9(14)12(11)15/h2-6H,1H3,(H2,16,17)(H,18,19). The third kappa shape index (κ3) is 2.97. The Kier molecular flexibility index (Phi) is 3.93. The maximum Gasteiger partial charge on any atom is 0.259 e. The zero-order valence-corrected chi connectivity index (χ0v) is 11.6. The van der Waals surface area contributed by atoms with Crippen molar-refractivity contribution >= 4 is 40.5 Å². The number of rotatable bonds is 2. The minimum Gasteiger partial charge on any atom is -0.398 e. The lowest BCUT2D eigenvalue weighted by molar-refractivity contribution is 0.102. The molecule has 0 aliphatic carbocycles. The number of aryl methyl sites for hydroxylation is 1. The molecule has 3 N–H and O–H groups in total. The van der Waals surface area contributed by atoms with Gasteiger partial charge < -0.3 is 11.1 Å². The third-order valence-corrected chi connectivity index (χ3v) is 3.34. The Balaban J connectivity index is 2.28. The van der Waals surface area contributed by atoms with Crippen LogP contribution in [0.4, 0.5) is 11.4 Å². The van der Waals surface area contributed by atoms with Crippen LogP contribution in [0.3, 0.4) is 0 Å². The predicted molar refractivity (Wildman–Crippen MR) is 77.8 cm³/mol. The van der Waals surface area contributed by atoms with Gasteiger partial charge in [0, 0.05) is 17.6 Å². The molecule has 1 aromatic carbocycles. The van der Waals surface area contributed by atoms with Gasteiger partial charge in [0.25, 0.3) is 5.91 Å². The molecule has 0 fully saturated rings. The van der Waals surface area contributed by atoms with Crippen LogP contribution >= 0.6 is 23.2 Å². The summed E-state index contributed by atoms with van der Waals surface area (Å²) < 4.78 is 0. The number of hydrogen-bond donors (Lipinski definition) is 2. The second kappa shape index (κ2) is 5.47. The summed E-state index contributed by atoms with van der Waals surface area (Å²) in [5.41, 5.74) is 7.62. The second-order valence-electron chi connectivity index (χ2n) is 3.97. The van der Waals surface area contributed by atoms with E-state index in [0.29, 0.717) is 22.0 Å². The zero-order valence-electron chi connectivity index (χ0n) is 10.1. The van der Waals surface area contributed by atoms with Crippen LogP contribution in [0.5, 0.6) is 0 Å². The first-order valence-corrected chi connectivity index (χ1v) is 6.22. The van der Waals surface area contributed by atoms with Gasteiger partial charge in [-0.05, 0) is 25.1 Å². The molecule has 0 radical (unpaired) electrons. The van der Waals surface area contributed by atoms with Crippen molar-refractivity contribution in [3.8, 4) is 0 Å². The Morgan fingerprint density at radius 3 is 2.79 bits per heavy atom. The monoisotopic (exact) mass is 295 g/mol. The summed E-state index contributed by atoms with van der Waals surface area (Å²) in [6, 6.07) is 6.63. The number of nitrogens with two attached hydrogens (primary N) is 1. The van der Waals surface area contributed by atoms with Crippen LogP contribution in [-0.2, 0) is 0 Å². The number of halogens is 2. The fourth-order valence-electron chi connectivity index (χ4n) is 1.56. The maximum absolute atomic E-state index is 12.1. The number of carbonyl (C=O) groups excluding carboxylic acids is 1. The molecule has 98 valence electrons. The van der Waals surface area contributed by atoms with Crippen molar-refractivity contribution in [2.75, 3.05) is 11.1 Å². The first-order chi connectivity index (χ1) is 8.99. The van der Waals surface area contributed by atoms with E-state index in [4.69, 9.17) is 28.9 Å². The lowest BCUT2D eigenvalue weighted by Gasteiger charge is -2.09. The van der Waals surface area contributed by atoms with Gasteiger partial charge in [0.1, 0.15) is 0 Å². The molecule has 19 heavy (non-hydrogen) atoms. The number of amides is 1. The van der Waals surface area contributed by atoms with Crippen LogP contribution in [0.15, 0.2) is 30.5 Å². The average Bonchev–Trinajstić information content (AvgIpc) is 2.34. The van der Waals surface area contributed by atoms with Crippen LogP contribution in [0.2, 0.25) is 10.0 Å². The van der Waals surface area contributed by atoms with Crippen molar-refractivity contribution in [3.63, 3.8) is 0 Å². The van der Waals surface area contributed by atoms with E-state index in [2.05, 4.69) is 10.3 Å². The Bertz CT molecular complexity index is 644. The lowest BCUT2D eigenvalue weighted by Crippen LogP contribution is -2.15. The van der Waals surface area contributed by atoms with E-state index < -0.39 is 0 Å². The third-order valence-electron chi connectivity index (χ3n) is 2.52. The van der Waals surface area contributed by atoms with Crippen LogP contribution < -0.4 is 11.1 Å². The van der Waals surface area contributed by atoms with Gasteiger partial charge in [-0.25, -0.2) is 0 Å². The number of carbonyl (C=O) groups is 1. The van der Waals surface area contributed by atoms with E-state index >= 15 is 0 Å². The SMILES string of the molecule is Cc1cc(N)c(C(=O)Nc2cccc(Cl)c2Cl)cn1. The lowest BCUT2D eigenvalue weighted by atomic mass is 10.2. The molecule has 0 unspecified atom stereocenters. The molecule has 1 aromatic heterocycles. The molecule has 0 aliphatic heterocycles. The van der Waals surface area contributed by atoms with Crippen molar-refractivity contribution < 1.29 is 4.79 Å². The number of nitrogens with zero attached hydrogens (tertiary/aromatic N) is 1. The van der Waals surface area contributed by atoms with E-state index in [1.807, 2.05) is 0 Å². The van der Waals surface area contributed by atoms with Crippen molar-refractivity contribution in [1.82, 2.24) is 4.98 Å². The number of nitrogens with one attached hydrogen (secondary N) is 1. The molecule has 0 atom stereocenters. The molecule has 0 spiro atoms. The first-order valence-electron chi connectivity index (χ1n) is 5.46. The fourth-order valence-corrected chi connectivity index (χ4v) is 1.91. The van der Waals surface area contributed by atoms with Crippen molar-refractivity contribution in [2.24, 2.45) is 0 Å². The summed E-state index contributed by atoms with van der Waals surface area (Å²) in [5.74, 6) is -0.380. The average molecular weight is 296 g/mol. The molecule has 1 amide bonds. The predicted octanol–water partition coefficient (Wildman–Crippen LogP) is 3.53. The summed E-state index contributed by atoms with van der Waals surface area (Å²) in [5, 5.41) is 3.31. The summed E-state index contributed by atoms with van der Waals surface area (Å²) in [6.45, 7) is 1.80. The summed E-state index contributed by atoms with van der Waals surface area (Å²) in [6.07, 6.45) is 1.43. The van der Waals surface area contributed by atoms with E-state index in [1.54, 1.807) is 31.2 Å². The number of benzene rings is 1. The maximum atomic E-state index is 12.1. The molecular weight excluding hydrogens is 285 g/mol. The van der Waals surface area contributed by atoms with Gasteiger partial charge in [0.15, 0.2) is 0 Å². The Hall–Kier alpha value is -1.78. The fraction of sp³-hybridized carbons (Fsp3) is 0.0769. The van der Waals surface area contributed by atoms with E-state index in [1.165, 1.54) is 6.20 Å². The topological polar surface area (TPSA) is 68.0 Å². The highest BCUT2D eigenvalue weighted by Gasteiger charge is 2.13. The Morgan fingerprint density at radius 2 is 2.11 bits per heavy atom. The molecule has 2 rings (SSSR count). The number of aromatic nitrogens is 1. The molecule has 0 saturated carbocycles. The van der Waals surface area contributed by atoms with E-state index in [0.717, 1.165) is 5.69 Å². The van der Waals surface area contributed by atoms with Crippen LogP contribution in [0.1, 0.15) is 16.1 Å². The highest BCUT2D eigenvalue weighted by molar-refractivity contribution is 6.44. The molecular formula is C13H11Cl2N3O. The number of pyridine rings is 1. The number of hydrogen-bond acceptors (Lipinski definition) is 3. The van der Waals surface area contributed by atoms with E-state index in [-0.39, 0.29) is 10.9 Å². The summed E-state index contributed by atoms with van der Waals surface area (Å²) in [7, 11) is 0. The van der Waals surface area contributed by atoms with Gasteiger partial charge >= 0.3 is 0 Å². The molecule has 0 bridgehead atoms. The Morgan fingerprint density at radius 1 is 1.37 bits per heavy atom. The second-order valence-corrected chi connectivity index (χ2v) is 4.75. The summed E-state index contributed by atoms with van der Waals surface area (Å²) >= 11 is 11.9. The van der Waals surface area contributed by atoms with Gasteiger partial charge in [0.05, 0.1) is 21.3 Å². The zero-order chi connectivity index (χ0) is 14.0. The van der Waals surface area contributed by atoms with Gasteiger partial charge in [-0.1, -0.05) is 29.3 Å². The van der Waals surface area contributed by atoms with Gasteiger partial charge in [-0.15, -0.1) is 0 Å². The smallest absolute Gasteiger partial charge is 0.259 e. The quantitative estimate of drug-likeness (QED) is 0.890. The van der Waals surface area contributed by atoms with E-state index in [9.17, 15) is 4.79 Å². The molecule has 4 nitrogen and oxygen atoms in total. The minimum absolute atomic E-state index is 0.288. The van der Waals surface area contributed by atoms with Crippen molar-refractivity contribution in [2.45, 2.75) is 6.92 Å². The highest BCUT2D eigenvalue weighted by atomic mass is 35.5. The molecule has 0 saturated heterocycles. The number of anilines is 2. The minimum atomic E-state index is -0.380. The molecule has 1 heterocycles. The molecule has 0 aliphatic rings. The van der Waals surface area contributed by atoms with Crippen LogP contribution in [-0.4, -0.2) is 10.9 Å². The summed E-state index contributed by atoms with van der Waals surface area (Å²) in [4.78, 5) is 16.1. The molecule has 6 heteroatoms. The largest absolute Gasteiger partial charge is 0.398 e. The highest BCUT2D eigenvalue weighted by Crippen LogP contribution is 2.30. The first kappa shape index (κ1) is 13.6. The van der Waals surface area contributed by atoms with Gasteiger partial charge in [-0.2, -0.15) is 0 Å². The van der Waals surface area contributed by atoms with Crippen molar-refractivity contribution in [1.29, 1.82) is 0 Å². The van der Waals surface area contributed by atoms with Gasteiger partial charge in [0.2, 0.25) is 0 Å².